The summed E-state index contributed by atoms with van der Waals surface area (Å²) in [7, 11) is -3.74. The van der Waals surface area contributed by atoms with Crippen molar-refractivity contribution in [1.82, 2.24) is 10.2 Å². The van der Waals surface area contributed by atoms with E-state index in [0.29, 0.717) is 31.5 Å². The zero-order valence-electron chi connectivity index (χ0n) is 21.5. The van der Waals surface area contributed by atoms with Crippen LogP contribution in [0.2, 0.25) is 0 Å². The number of nitrogens with one attached hydrogen (secondary N) is 1. The summed E-state index contributed by atoms with van der Waals surface area (Å²) in [4.78, 5) is 28.4. The van der Waals surface area contributed by atoms with Crippen molar-refractivity contribution in [3.05, 3.63) is 65.7 Å². The quantitative estimate of drug-likeness (QED) is 0.453. The molecule has 0 saturated heterocycles. The second-order valence-corrected chi connectivity index (χ2v) is 10.7. The van der Waals surface area contributed by atoms with Crippen molar-refractivity contribution in [3.63, 3.8) is 0 Å². The van der Waals surface area contributed by atoms with Gasteiger partial charge in [0.05, 0.1) is 11.9 Å². The standard InChI is InChI=1S/C27H39N3O4S/c1-6-21(4)28-27(32)24(8-3)29(19-18-22-14-10-9-11-15-22)26(31)20-30(35(5,33)34)25-17-13-12-16-23(25)7-2/h9-17,21,24H,6-8,18-20H2,1-5H3,(H,28,32)/t21-,24+/m0/s1. The minimum absolute atomic E-state index is 0.0217. The number of benzene rings is 2. The molecule has 0 aliphatic heterocycles. The molecule has 0 spiro atoms. The molecule has 0 aliphatic carbocycles. The minimum Gasteiger partial charge on any atom is -0.352 e. The van der Waals surface area contributed by atoms with Gasteiger partial charge in [-0.1, -0.05) is 69.3 Å². The summed E-state index contributed by atoms with van der Waals surface area (Å²) < 4.78 is 26.7. The Kier molecular flexibility index (Phi) is 10.8. The lowest BCUT2D eigenvalue weighted by Crippen LogP contribution is -2.54. The summed E-state index contributed by atoms with van der Waals surface area (Å²) in [5.41, 5.74) is 2.37. The summed E-state index contributed by atoms with van der Waals surface area (Å²) >= 11 is 0. The van der Waals surface area contributed by atoms with E-state index in [9.17, 15) is 18.0 Å². The fourth-order valence-electron chi connectivity index (χ4n) is 3.98. The Morgan fingerprint density at radius 1 is 0.943 bits per heavy atom. The van der Waals surface area contributed by atoms with Crippen LogP contribution in [0.25, 0.3) is 0 Å². The molecule has 2 amide bonds. The SMILES string of the molecule is CCc1ccccc1N(CC(=O)N(CCc1ccccc1)[C@H](CC)C(=O)N[C@@H](C)CC)S(C)(=O)=O. The van der Waals surface area contributed by atoms with E-state index in [1.807, 2.05) is 70.2 Å². The zero-order valence-corrected chi connectivity index (χ0v) is 22.3. The van der Waals surface area contributed by atoms with E-state index in [1.54, 1.807) is 12.1 Å². The average Bonchev–Trinajstić information content (AvgIpc) is 2.84. The molecule has 1 N–H and O–H groups in total. The van der Waals surface area contributed by atoms with Crippen LogP contribution in [-0.2, 0) is 32.5 Å². The number of amides is 2. The van der Waals surface area contributed by atoms with Crippen LogP contribution in [-0.4, -0.2) is 56.6 Å². The second kappa shape index (κ2) is 13.3. The van der Waals surface area contributed by atoms with Gasteiger partial charge in [0, 0.05) is 12.6 Å². The van der Waals surface area contributed by atoms with E-state index >= 15 is 0 Å². The summed E-state index contributed by atoms with van der Waals surface area (Å²) in [6, 6.07) is 16.2. The van der Waals surface area contributed by atoms with E-state index in [-0.39, 0.29) is 18.5 Å². The molecule has 0 aliphatic rings. The molecule has 0 fully saturated rings. The highest BCUT2D eigenvalue weighted by molar-refractivity contribution is 7.92. The Balaban J connectivity index is 2.40. The van der Waals surface area contributed by atoms with E-state index in [2.05, 4.69) is 5.32 Å². The molecule has 0 heterocycles. The van der Waals surface area contributed by atoms with Gasteiger partial charge in [-0.3, -0.25) is 13.9 Å². The number of carbonyl (C=O) groups is 2. The number of nitrogens with zero attached hydrogens (tertiary/aromatic N) is 2. The van der Waals surface area contributed by atoms with Gasteiger partial charge in [0.1, 0.15) is 12.6 Å². The van der Waals surface area contributed by atoms with Gasteiger partial charge in [-0.15, -0.1) is 0 Å². The van der Waals surface area contributed by atoms with Crippen LogP contribution in [0.15, 0.2) is 54.6 Å². The molecular weight excluding hydrogens is 462 g/mol. The van der Waals surface area contributed by atoms with Crippen LogP contribution < -0.4 is 9.62 Å². The first-order valence-corrected chi connectivity index (χ1v) is 14.2. The van der Waals surface area contributed by atoms with Crippen molar-refractivity contribution >= 4 is 27.5 Å². The van der Waals surface area contributed by atoms with Crippen molar-refractivity contribution in [3.8, 4) is 0 Å². The fourth-order valence-corrected chi connectivity index (χ4v) is 4.87. The Morgan fingerprint density at radius 3 is 2.14 bits per heavy atom. The molecule has 0 unspecified atom stereocenters. The Hall–Kier alpha value is -2.87. The predicted molar refractivity (Wildman–Crippen MR) is 142 cm³/mol. The lowest BCUT2D eigenvalue weighted by molar-refractivity contribution is -0.139. The van der Waals surface area contributed by atoms with Gasteiger partial charge >= 0.3 is 0 Å². The van der Waals surface area contributed by atoms with Crippen LogP contribution >= 0.6 is 0 Å². The van der Waals surface area contributed by atoms with Crippen molar-refractivity contribution in [1.29, 1.82) is 0 Å². The van der Waals surface area contributed by atoms with Crippen molar-refractivity contribution in [2.24, 2.45) is 0 Å². The Bertz CT molecular complexity index is 1070. The first-order valence-electron chi connectivity index (χ1n) is 12.3. The molecule has 2 atom stereocenters. The number of rotatable bonds is 13. The molecule has 2 rings (SSSR count). The highest BCUT2D eigenvalue weighted by atomic mass is 32.2. The van der Waals surface area contributed by atoms with Crippen LogP contribution in [0, 0.1) is 0 Å². The largest absolute Gasteiger partial charge is 0.352 e. The van der Waals surface area contributed by atoms with Gasteiger partial charge in [0.15, 0.2) is 0 Å². The van der Waals surface area contributed by atoms with Gasteiger partial charge in [-0.2, -0.15) is 0 Å². The first-order chi connectivity index (χ1) is 16.6. The molecule has 2 aromatic carbocycles. The molecule has 35 heavy (non-hydrogen) atoms. The zero-order chi connectivity index (χ0) is 26.0. The average molecular weight is 502 g/mol. The van der Waals surface area contributed by atoms with Crippen molar-refractivity contribution in [2.45, 2.75) is 65.5 Å². The highest BCUT2D eigenvalue weighted by Crippen LogP contribution is 2.24. The molecule has 0 radical (unpaired) electrons. The monoisotopic (exact) mass is 501 g/mol. The van der Waals surface area contributed by atoms with Crippen molar-refractivity contribution in [2.75, 3.05) is 23.7 Å². The second-order valence-electron chi connectivity index (χ2n) is 8.82. The number of hydrogen-bond donors (Lipinski definition) is 1. The molecular formula is C27H39N3O4S. The molecule has 2 aromatic rings. The summed E-state index contributed by atoms with van der Waals surface area (Å²) in [5, 5.41) is 2.98. The fraction of sp³-hybridized carbons (Fsp3) is 0.481. The van der Waals surface area contributed by atoms with Gasteiger partial charge in [-0.05, 0) is 49.8 Å². The third-order valence-electron chi connectivity index (χ3n) is 6.19. The van der Waals surface area contributed by atoms with E-state index in [0.717, 1.165) is 28.1 Å². The minimum atomic E-state index is -3.74. The molecule has 7 nitrogen and oxygen atoms in total. The van der Waals surface area contributed by atoms with Gasteiger partial charge in [0.2, 0.25) is 21.8 Å². The van der Waals surface area contributed by atoms with Gasteiger partial charge < -0.3 is 10.2 Å². The number of carbonyl (C=O) groups excluding carboxylic acids is 2. The van der Waals surface area contributed by atoms with Crippen LogP contribution in [0.5, 0.6) is 0 Å². The molecule has 192 valence electrons. The topological polar surface area (TPSA) is 86.8 Å². The third-order valence-corrected chi connectivity index (χ3v) is 7.32. The third kappa shape index (κ3) is 8.09. The van der Waals surface area contributed by atoms with Gasteiger partial charge in [-0.25, -0.2) is 8.42 Å². The molecule has 0 bridgehead atoms. The number of hydrogen-bond acceptors (Lipinski definition) is 4. The normalized spacial score (nSPS) is 13.1. The maximum absolute atomic E-state index is 13.7. The first kappa shape index (κ1) is 28.4. The molecule has 8 heteroatoms. The maximum Gasteiger partial charge on any atom is 0.244 e. The Morgan fingerprint density at radius 2 is 1.57 bits per heavy atom. The van der Waals surface area contributed by atoms with E-state index in [4.69, 9.17) is 0 Å². The summed E-state index contributed by atoms with van der Waals surface area (Å²) in [6.07, 6.45) is 3.49. The number of sulfonamides is 1. The van der Waals surface area contributed by atoms with Crippen LogP contribution in [0.4, 0.5) is 5.69 Å². The summed E-state index contributed by atoms with van der Waals surface area (Å²) in [6.45, 7) is 7.66. The highest BCUT2D eigenvalue weighted by Gasteiger charge is 2.32. The predicted octanol–water partition coefficient (Wildman–Crippen LogP) is 3.78. The van der Waals surface area contributed by atoms with Gasteiger partial charge in [0.25, 0.3) is 0 Å². The van der Waals surface area contributed by atoms with Crippen LogP contribution in [0.1, 0.15) is 51.7 Å². The molecule has 0 saturated carbocycles. The maximum atomic E-state index is 13.7. The lowest BCUT2D eigenvalue weighted by atomic mass is 10.1. The van der Waals surface area contributed by atoms with E-state index in [1.165, 1.54) is 4.90 Å². The number of para-hydroxylation sites is 1. The van der Waals surface area contributed by atoms with E-state index < -0.39 is 22.0 Å². The van der Waals surface area contributed by atoms with Crippen LogP contribution in [0.3, 0.4) is 0 Å². The smallest absolute Gasteiger partial charge is 0.244 e. The van der Waals surface area contributed by atoms with Crippen molar-refractivity contribution < 1.29 is 18.0 Å². The number of aryl methyl sites for hydroxylation is 1. The number of anilines is 1. The summed E-state index contributed by atoms with van der Waals surface area (Å²) in [5.74, 6) is -0.619. The lowest BCUT2D eigenvalue weighted by Gasteiger charge is -2.33. The Labute approximate surface area is 210 Å². The molecule has 0 aromatic heterocycles.